The third-order valence-corrected chi connectivity index (χ3v) is 3.96. The fourth-order valence-corrected chi connectivity index (χ4v) is 2.48. The van der Waals surface area contributed by atoms with Crippen molar-refractivity contribution < 1.29 is 14.3 Å². The maximum Gasteiger partial charge on any atom is 0.343 e. The van der Waals surface area contributed by atoms with E-state index in [1.165, 1.54) is 38.2 Å². The van der Waals surface area contributed by atoms with Crippen LogP contribution in [0.1, 0.15) is 40.2 Å². The highest BCUT2D eigenvalue weighted by atomic mass is 16.5. The Morgan fingerprint density at radius 2 is 1.91 bits per heavy atom. The summed E-state index contributed by atoms with van der Waals surface area (Å²) in [4.78, 5) is 15.9. The number of ether oxygens (including phenoxy) is 2. The summed E-state index contributed by atoms with van der Waals surface area (Å²) in [6.45, 7) is 0.665. The molecule has 1 heterocycles. The van der Waals surface area contributed by atoms with E-state index in [1.807, 2.05) is 0 Å². The average Bonchev–Trinajstić information content (AvgIpc) is 3.44. The van der Waals surface area contributed by atoms with Gasteiger partial charge in [-0.25, -0.2) is 4.79 Å². The summed E-state index contributed by atoms with van der Waals surface area (Å²) in [6.07, 6.45) is 2.63. The maximum absolute atomic E-state index is 11.6. The number of hydrogen-bond donors (Lipinski definition) is 1. The van der Waals surface area contributed by atoms with Crippen LogP contribution < -0.4 is 10.1 Å². The highest BCUT2D eigenvalue weighted by Gasteiger charge is 2.22. The van der Waals surface area contributed by atoms with Gasteiger partial charge in [-0.1, -0.05) is 24.3 Å². The second-order valence-electron chi connectivity index (χ2n) is 5.61. The molecule has 0 radical (unpaired) electrons. The number of carbonyl (C=O) groups is 1. The Balaban J connectivity index is 1.66. The summed E-state index contributed by atoms with van der Waals surface area (Å²) in [6, 6.07) is 12.1. The van der Waals surface area contributed by atoms with Crippen LogP contribution in [0.25, 0.3) is 0 Å². The first-order chi connectivity index (χ1) is 11.2. The molecule has 1 aliphatic carbocycles. The lowest BCUT2D eigenvalue weighted by molar-refractivity contribution is 0.0596. The molecule has 0 bridgehead atoms. The van der Waals surface area contributed by atoms with Gasteiger partial charge in [-0.2, -0.15) is 4.98 Å². The quantitative estimate of drug-likeness (QED) is 0.829. The molecule has 1 N–H and O–H groups in total. The monoisotopic (exact) mass is 312 g/mol. The average molecular weight is 312 g/mol. The van der Waals surface area contributed by atoms with Gasteiger partial charge in [-0.3, -0.25) is 0 Å². The number of nitrogens with zero attached hydrogens (tertiary/aromatic N) is 1. The Labute approximate surface area is 135 Å². The minimum Gasteiger partial charge on any atom is -0.480 e. The SMILES string of the molecule is COC(=O)c1ccc(NCc2ccc(C3CC3)cc2)nc1OC. The van der Waals surface area contributed by atoms with Crippen molar-refractivity contribution in [3.05, 3.63) is 53.1 Å². The zero-order chi connectivity index (χ0) is 16.2. The minimum absolute atomic E-state index is 0.255. The Kier molecular flexibility index (Phi) is 4.46. The predicted molar refractivity (Wildman–Crippen MR) is 87.9 cm³/mol. The second kappa shape index (κ2) is 6.69. The van der Waals surface area contributed by atoms with Crippen molar-refractivity contribution in [3.63, 3.8) is 0 Å². The molecule has 1 aliphatic rings. The number of hydrogen-bond acceptors (Lipinski definition) is 5. The molecule has 0 atom stereocenters. The van der Waals surface area contributed by atoms with Crippen LogP contribution in [0.3, 0.4) is 0 Å². The number of anilines is 1. The van der Waals surface area contributed by atoms with E-state index in [1.54, 1.807) is 12.1 Å². The Morgan fingerprint density at radius 1 is 1.17 bits per heavy atom. The van der Waals surface area contributed by atoms with Crippen molar-refractivity contribution in [2.24, 2.45) is 0 Å². The van der Waals surface area contributed by atoms with Gasteiger partial charge in [-0.15, -0.1) is 0 Å². The van der Waals surface area contributed by atoms with Gasteiger partial charge in [0.1, 0.15) is 11.4 Å². The molecule has 1 aromatic carbocycles. The Hall–Kier alpha value is -2.56. The van der Waals surface area contributed by atoms with E-state index in [0.717, 1.165) is 5.92 Å². The molecule has 5 heteroatoms. The molecule has 1 aromatic heterocycles. The molecule has 1 saturated carbocycles. The van der Waals surface area contributed by atoms with Gasteiger partial charge in [-0.05, 0) is 42.0 Å². The normalized spacial score (nSPS) is 13.5. The third-order valence-electron chi connectivity index (χ3n) is 3.96. The summed E-state index contributed by atoms with van der Waals surface area (Å²) >= 11 is 0. The smallest absolute Gasteiger partial charge is 0.343 e. The summed E-state index contributed by atoms with van der Waals surface area (Å²) < 4.78 is 9.86. The van der Waals surface area contributed by atoms with Gasteiger partial charge in [0, 0.05) is 6.54 Å². The van der Waals surface area contributed by atoms with E-state index in [2.05, 4.69) is 34.6 Å². The van der Waals surface area contributed by atoms with Crippen molar-refractivity contribution in [1.29, 1.82) is 0 Å². The van der Waals surface area contributed by atoms with Crippen LogP contribution in [0.2, 0.25) is 0 Å². The molecule has 0 aliphatic heterocycles. The van der Waals surface area contributed by atoms with Crippen LogP contribution in [-0.2, 0) is 11.3 Å². The standard InChI is InChI=1S/C18H20N2O3/c1-22-17-15(18(21)23-2)9-10-16(20-17)19-11-12-3-5-13(6-4-12)14-7-8-14/h3-6,9-10,14H,7-8,11H2,1-2H3,(H,19,20). The number of nitrogens with one attached hydrogen (secondary N) is 1. The number of carbonyl (C=O) groups excluding carboxylic acids is 1. The van der Waals surface area contributed by atoms with E-state index in [0.29, 0.717) is 17.9 Å². The molecule has 23 heavy (non-hydrogen) atoms. The molecule has 120 valence electrons. The van der Waals surface area contributed by atoms with Crippen molar-refractivity contribution in [1.82, 2.24) is 4.98 Å². The lowest BCUT2D eigenvalue weighted by atomic mass is 10.1. The van der Waals surface area contributed by atoms with Gasteiger partial charge in [0.05, 0.1) is 14.2 Å². The van der Waals surface area contributed by atoms with Gasteiger partial charge < -0.3 is 14.8 Å². The number of pyridine rings is 1. The number of rotatable bonds is 6. The number of benzene rings is 1. The molecule has 0 amide bonds. The van der Waals surface area contributed by atoms with Crippen LogP contribution >= 0.6 is 0 Å². The lowest BCUT2D eigenvalue weighted by Gasteiger charge is -2.10. The van der Waals surface area contributed by atoms with Gasteiger partial charge >= 0.3 is 5.97 Å². The number of methoxy groups -OCH3 is 2. The number of aromatic nitrogens is 1. The summed E-state index contributed by atoms with van der Waals surface area (Å²) in [5.74, 6) is 1.22. The second-order valence-corrected chi connectivity index (χ2v) is 5.61. The molecular weight excluding hydrogens is 292 g/mol. The van der Waals surface area contributed by atoms with E-state index >= 15 is 0 Å². The topological polar surface area (TPSA) is 60.5 Å². The van der Waals surface area contributed by atoms with Crippen LogP contribution in [0.4, 0.5) is 5.82 Å². The molecule has 0 spiro atoms. The van der Waals surface area contributed by atoms with Crippen molar-refractivity contribution in [3.8, 4) is 5.88 Å². The van der Waals surface area contributed by atoms with Crippen LogP contribution in [-0.4, -0.2) is 25.2 Å². The molecule has 0 unspecified atom stereocenters. The summed E-state index contributed by atoms with van der Waals surface area (Å²) in [7, 11) is 2.81. The fraction of sp³-hybridized carbons (Fsp3) is 0.333. The van der Waals surface area contributed by atoms with Crippen LogP contribution in [0.5, 0.6) is 5.88 Å². The van der Waals surface area contributed by atoms with Gasteiger partial charge in [0.25, 0.3) is 0 Å². The summed E-state index contributed by atoms with van der Waals surface area (Å²) in [5.41, 5.74) is 2.93. The first-order valence-corrected chi connectivity index (χ1v) is 7.67. The minimum atomic E-state index is -0.462. The first-order valence-electron chi connectivity index (χ1n) is 7.67. The molecule has 0 saturated heterocycles. The van der Waals surface area contributed by atoms with E-state index in [4.69, 9.17) is 9.47 Å². The van der Waals surface area contributed by atoms with E-state index in [9.17, 15) is 4.79 Å². The van der Waals surface area contributed by atoms with Crippen molar-refractivity contribution >= 4 is 11.8 Å². The predicted octanol–water partition coefficient (Wildman–Crippen LogP) is 3.37. The fourth-order valence-electron chi connectivity index (χ4n) is 2.48. The summed E-state index contributed by atoms with van der Waals surface area (Å²) in [5, 5.41) is 3.24. The van der Waals surface area contributed by atoms with E-state index < -0.39 is 5.97 Å². The van der Waals surface area contributed by atoms with E-state index in [-0.39, 0.29) is 5.88 Å². The lowest BCUT2D eigenvalue weighted by Crippen LogP contribution is -2.08. The van der Waals surface area contributed by atoms with Crippen molar-refractivity contribution in [2.45, 2.75) is 25.3 Å². The highest BCUT2D eigenvalue weighted by Crippen LogP contribution is 2.39. The highest BCUT2D eigenvalue weighted by molar-refractivity contribution is 5.92. The molecule has 1 fully saturated rings. The largest absolute Gasteiger partial charge is 0.480 e. The molecule has 2 aromatic rings. The molecule has 3 rings (SSSR count). The Bertz CT molecular complexity index is 694. The van der Waals surface area contributed by atoms with Crippen LogP contribution in [0.15, 0.2) is 36.4 Å². The zero-order valence-electron chi connectivity index (χ0n) is 13.3. The maximum atomic E-state index is 11.6. The van der Waals surface area contributed by atoms with Crippen molar-refractivity contribution in [2.75, 3.05) is 19.5 Å². The number of esters is 1. The third kappa shape index (κ3) is 3.62. The van der Waals surface area contributed by atoms with Crippen LogP contribution in [0, 0.1) is 0 Å². The van der Waals surface area contributed by atoms with Gasteiger partial charge in [0.2, 0.25) is 5.88 Å². The molecule has 5 nitrogen and oxygen atoms in total. The zero-order valence-corrected chi connectivity index (χ0v) is 13.3. The first kappa shape index (κ1) is 15.3. The Morgan fingerprint density at radius 3 is 2.52 bits per heavy atom. The molecular formula is C18H20N2O3. The van der Waals surface area contributed by atoms with Gasteiger partial charge in [0.15, 0.2) is 0 Å².